The summed E-state index contributed by atoms with van der Waals surface area (Å²) in [5.74, 6) is -0.205. The van der Waals surface area contributed by atoms with Crippen molar-refractivity contribution in [3.05, 3.63) is 63.4 Å². The molecule has 1 nitrogen and oxygen atoms in total. The standard InChI is InChI=1S/C15H15BrFN/c1-10-3-6-15(14(17)7-10)18-9-12-4-5-13(16)11(2)8-12/h3-8,18H,9H2,1-2H3. The van der Waals surface area contributed by atoms with Crippen LogP contribution in [0.15, 0.2) is 40.9 Å². The number of benzene rings is 2. The lowest BCUT2D eigenvalue weighted by molar-refractivity contribution is 0.629. The molecule has 0 aliphatic carbocycles. The van der Waals surface area contributed by atoms with Gasteiger partial charge in [0.05, 0.1) is 5.69 Å². The van der Waals surface area contributed by atoms with Crippen molar-refractivity contribution in [1.29, 1.82) is 0 Å². The van der Waals surface area contributed by atoms with Gasteiger partial charge in [0.1, 0.15) is 5.82 Å². The molecule has 0 fully saturated rings. The van der Waals surface area contributed by atoms with Crippen molar-refractivity contribution >= 4 is 21.6 Å². The Morgan fingerprint density at radius 1 is 1.11 bits per heavy atom. The number of hydrogen-bond donors (Lipinski definition) is 1. The van der Waals surface area contributed by atoms with Crippen LogP contribution in [0.25, 0.3) is 0 Å². The molecule has 0 atom stereocenters. The van der Waals surface area contributed by atoms with E-state index in [9.17, 15) is 4.39 Å². The third kappa shape index (κ3) is 3.10. The summed E-state index contributed by atoms with van der Waals surface area (Å²) in [5.41, 5.74) is 3.79. The van der Waals surface area contributed by atoms with Crippen LogP contribution in [0.4, 0.5) is 10.1 Å². The van der Waals surface area contributed by atoms with Crippen molar-refractivity contribution in [1.82, 2.24) is 0 Å². The Kier molecular flexibility index (Phi) is 4.02. The number of hydrogen-bond acceptors (Lipinski definition) is 1. The van der Waals surface area contributed by atoms with Crippen molar-refractivity contribution in [2.24, 2.45) is 0 Å². The lowest BCUT2D eigenvalue weighted by atomic mass is 10.1. The first-order valence-electron chi connectivity index (χ1n) is 5.81. The third-order valence-corrected chi connectivity index (χ3v) is 3.72. The van der Waals surface area contributed by atoms with Crippen molar-refractivity contribution in [2.45, 2.75) is 20.4 Å². The van der Waals surface area contributed by atoms with Gasteiger partial charge in [-0.15, -0.1) is 0 Å². The highest BCUT2D eigenvalue weighted by Crippen LogP contribution is 2.19. The molecule has 0 bridgehead atoms. The predicted octanol–water partition coefficient (Wildman–Crippen LogP) is 4.82. The molecule has 2 aromatic carbocycles. The molecule has 2 aromatic rings. The Morgan fingerprint density at radius 2 is 1.89 bits per heavy atom. The van der Waals surface area contributed by atoms with Crippen LogP contribution in [0.2, 0.25) is 0 Å². The van der Waals surface area contributed by atoms with E-state index in [0.29, 0.717) is 12.2 Å². The molecule has 94 valence electrons. The van der Waals surface area contributed by atoms with E-state index >= 15 is 0 Å². The first kappa shape index (κ1) is 13.1. The van der Waals surface area contributed by atoms with Gasteiger partial charge in [-0.1, -0.05) is 34.1 Å². The van der Waals surface area contributed by atoms with E-state index in [1.54, 1.807) is 6.07 Å². The normalized spacial score (nSPS) is 10.4. The quantitative estimate of drug-likeness (QED) is 0.857. The van der Waals surface area contributed by atoms with Gasteiger partial charge in [-0.3, -0.25) is 0 Å². The topological polar surface area (TPSA) is 12.0 Å². The van der Waals surface area contributed by atoms with Gasteiger partial charge in [-0.25, -0.2) is 4.39 Å². The minimum absolute atomic E-state index is 0.205. The molecule has 18 heavy (non-hydrogen) atoms. The van der Waals surface area contributed by atoms with Gasteiger partial charge in [-0.05, 0) is 48.7 Å². The molecular formula is C15H15BrFN. The third-order valence-electron chi connectivity index (χ3n) is 2.83. The number of aryl methyl sites for hydroxylation is 2. The molecule has 0 aliphatic heterocycles. The van der Waals surface area contributed by atoms with Gasteiger partial charge < -0.3 is 5.32 Å². The van der Waals surface area contributed by atoms with Gasteiger partial charge in [0, 0.05) is 11.0 Å². The summed E-state index contributed by atoms with van der Waals surface area (Å²) in [7, 11) is 0. The van der Waals surface area contributed by atoms with Gasteiger partial charge in [0.15, 0.2) is 0 Å². The average Bonchev–Trinajstić information content (AvgIpc) is 2.32. The van der Waals surface area contributed by atoms with Crippen molar-refractivity contribution < 1.29 is 4.39 Å². The highest BCUT2D eigenvalue weighted by Gasteiger charge is 2.02. The molecule has 0 saturated carbocycles. The van der Waals surface area contributed by atoms with E-state index in [1.807, 2.05) is 32.0 Å². The molecule has 0 amide bonds. The second kappa shape index (κ2) is 5.53. The molecule has 0 unspecified atom stereocenters. The number of halogens is 2. The van der Waals surface area contributed by atoms with Crippen LogP contribution in [0.3, 0.4) is 0 Å². The van der Waals surface area contributed by atoms with E-state index in [4.69, 9.17) is 0 Å². The van der Waals surface area contributed by atoms with Crippen LogP contribution in [0.1, 0.15) is 16.7 Å². The summed E-state index contributed by atoms with van der Waals surface area (Å²) in [6.45, 7) is 4.54. The lowest BCUT2D eigenvalue weighted by Gasteiger charge is -2.09. The molecule has 0 saturated heterocycles. The Labute approximate surface area is 115 Å². The SMILES string of the molecule is Cc1ccc(NCc2ccc(Br)c(C)c2)c(F)c1. The van der Waals surface area contributed by atoms with Crippen LogP contribution >= 0.6 is 15.9 Å². The molecule has 0 heterocycles. The molecular weight excluding hydrogens is 293 g/mol. The maximum Gasteiger partial charge on any atom is 0.146 e. The Bertz CT molecular complexity index is 566. The molecule has 0 radical (unpaired) electrons. The highest BCUT2D eigenvalue weighted by molar-refractivity contribution is 9.10. The fraction of sp³-hybridized carbons (Fsp3) is 0.200. The summed E-state index contributed by atoms with van der Waals surface area (Å²) in [6, 6.07) is 11.3. The van der Waals surface area contributed by atoms with Gasteiger partial charge >= 0.3 is 0 Å². The highest BCUT2D eigenvalue weighted by atomic mass is 79.9. The lowest BCUT2D eigenvalue weighted by Crippen LogP contribution is -2.01. The maximum absolute atomic E-state index is 13.6. The Morgan fingerprint density at radius 3 is 2.56 bits per heavy atom. The zero-order valence-corrected chi connectivity index (χ0v) is 12.0. The van der Waals surface area contributed by atoms with Crippen molar-refractivity contribution in [2.75, 3.05) is 5.32 Å². The monoisotopic (exact) mass is 307 g/mol. The van der Waals surface area contributed by atoms with Crippen LogP contribution in [-0.4, -0.2) is 0 Å². The summed E-state index contributed by atoms with van der Waals surface area (Å²) in [4.78, 5) is 0. The Hall–Kier alpha value is -1.35. The van der Waals surface area contributed by atoms with Gasteiger partial charge in [-0.2, -0.15) is 0 Å². The molecule has 3 heteroatoms. The summed E-state index contributed by atoms with van der Waals surface area (Å²) < 4.78 is 14.7. The minimum atomic E-state index is -0.205. The zero-order chi connectivity index (χ0) is 13.1. The van der Waals surface area contributed by atoms with Gasteiger partial charge in [0.25, 0.3) is 0 Å². The smallest absolute Gasteiger partial charge is 0.146 e. The average molecular weight is 308 g/mol. The first-order valence-corrected chi connectivity index (χ1v) is 6.60. The molecule has 0 spiro atoms. The maximum atomic E-state index is 13.6. The second-order valence-corrected chi connectivity index (χ2v) is 5.27. The van der Waals surface area contributed by atoms with E-state index in [1.165, 1.54) is 11.6 Å². The fourth-order valence-corrected chi connectivity index (χ4v) is 2.02. The van der Waals surface area contributed by atoms with Crippen LogP contribution in [0.5, 0.6) is 0 Å². The van der Waals surface area contributed by atoms with Crippen LogP contribution in [0, 0.1) is 19.7 Å². The number of rotatable bonds is 3. The van der Waals surface area contributed by atoms with E-state index in [-0.39, 0.29) is 5.82 Å². The van der Waals surface area contributed by atoms with Gasteiger partial charge in [0.2, 0.25) is 0 Å². The summed E-state index contributed by atoms with van der Waals surface area (Å²) in [5, 5.41) is 3.11. The predicted molar refractivity (Wildman–Crippen MR) is 77.3 cm³/mol. The summed E-state index contributed by atoms with van der Waals surface area (Å²) >= 11 is 3.46. The molecule has 2 rings (SSSR count). The Balaban J connectivity index is 2.09. The molecule has 0 aromatic heterocycles. The molecule has 0 aliphatic rings. The largest absolute Gasteiger partial charge is 0.379 e. The van der Waals surface area contributed by atoms with E-state index in [0.717, 1.165) is 15.6 Å². The first-order chi connectivity index (χ1) is 8.56. The van der Waals surface area contributed by atoms with Crippen LogP contribution in [-0.2, 0) is 6.54 Å². The molecule has 1 N–H and O–H groups in total. The van der Waals surface area contributed by atoms with E-state index in [2.05, 4.69) is 27.3 Å². The fourth-order valence-electron chi connectivity index (χ4n) is 1.78. The number of nitrogens with one attached hydrogen (secondary N) is 1. The van der Waals surface area contributed by atoms with E-state index < -0.39 is 0 Å². The number of anilines is 1. The minimum Gasteiger partial charge on any atom is -0.379 e. The zero-order valence-electron chi connectivity index (χ0n) is 10.4. The summed E-state index contributed by atoms with van der Waals surface area (Å²) in [6.07, 6.45) is 0. The van der Waals surface area contributed by atoms with Crippen LogP contribution < -0.4 is 5.32 Å². The van der Waals surface area contributed by atoms with Crippen molar-refractivity contribution in [3.8, 4) is 0 Å². The van der Waals surface area contributed by atoms with Crippen molar-refractivity contribution in [3.63, 3.8) is 0 Å². The second-order valence-electron chi connectivity index (χ2n) is 4.42.